The molecule has 1 aliphatic heterocycles. The number of hydrogen-bond acceptors (Lipinski definition) is 3. The average molecular weight is 413 g/mol. The van der Waals surface area contributed by atoms with Crippen LogP contribution in [0.25, 0.3) is 11.3 Å². The third-order valence-electron chi connectivity index (χ3n) is 5.00. The second-order valence-corrected chi connectivity index (χ2v) is 7.35. The zero-order valence-corrected chi connectivity index (χ0v) is 16.0. The van der Waals surface area contributed by atoms with Crippen LogP contribution in [0.1, 0.15) is 28.4 Å². The van der Waals surface area contributed by atoms with E-state index >= 15 is 0 Å². The van der Waals surface area contributed by atoms with E-state index in [1.807, 2.05) is 6.07 Å². The average Bonchev–Trinajstić information content (AvgIpc) is 3.35. The van der Waals surface area contributed by atoms with Gasteiger partial charge in [-0.2, -0.15) is 5.10 Å². The third kappa shape index (κ3) is 4.00. The van der Waals surface area contributed by atoms with Gasteiger partial charge in [0, 0.05) is 29.5 Å². The summed E-state index contributed by atoms with van der Waals surface area (Å²) in [5.41, 5.74) is 1.57. The van der Waals surface area contributed by atoms with Crippen molar-refractivity contribution >= 4 is 23.4 Å². The minimum absolute atomic E-state index is 0.0633. The number of nitrogens with zero attached hydrogens (tertiary/aromatic N) is 1. The van der Waals surface area contributed by atoms with Crippen LogP contribution < -0.4 is 10.6 Å². The predicted molar refractivity (Wildman–Crippen MR) is 107 cm³/mol. The van der Waals surface area contributed by atoms with Gasteiger partial charge >= 0.3 is 0 Å². The molecule has 2 amide bonds. The molecule has 0 bridgehead atoms. The molecule has 1 saturated heterocycles. The van der Waals surface area contributed by atoms with Crippen LogP contribution in [-0.4, -0.2) is 28.6 Å². The fraction of sp³-hybridized carbons (Fsp3) is 0.190. The van der Waals surface area contributed by atoms with E-state index in [-0.39, 0.29) is 23.0 Å². The molecule has 0 spiro atoms. The lowest BCUT2D eigenvalue weighted by atomic mass is 9.91. The van der Waals surface area contributed by atoms with Crippen LogP contribution in [0, 0.1) is 11.7 Å². The van der Waals surface area contributed by atoms with Crippen molar-refractivity contribution < 1.29 is 14.0 Å². The van der Waals surface area contributed by atoms with E-state index in [2.05, 4.69) is 20.8 Å². The van der Waals surface area contributed by atoms with Gasteiger partial charge in [-0.15, -0.1) is 0 Å². The number of hydrogen-bond donors (Lipinski definition) is 3. The van der Waals surface area contributed by atoms with Gasteiger partial charge in [0.1, 0.15) is 5.82 Å². The monoisotopic (exact) mass is 412 g/mol. The molecule has 1 aromatic heterocycles. The molecule has 29 heavy (non-hydrogen) atoms. The van der Waals surface area contributed by atoms with Crippen molar-refractivity contribution in [3.63, 3.8) is 0 Å². The third-order valence-corrected chi connectivity index (χ3v) is 5.24. The summed E-state index contributed by atoms with van der Waals surface area (Å²) in [4.78, 5) is 24.8. The minimum atomic E-state index is -0.456. The Morgan fingerprint density at radius 3 is 2.79 bits per heavy atom. The number of amides is 2. The van der Waals surface area contributed by atoms with E-state index in [1.165, 1.54) is 12.3 Å². The van der Waals surface area contributed by atoms with Crippen LogP contribution in [-0.2, 0) is 4.79 Å². The summed E-state index contributed by atoms with van der Waals surface area (Å²) in [5, 5.41) is 12.9. The van der Waals surface area contributed by atoms with Crippen molar-refractivity contribution in [2.75, 3.05) is 6.54 Å². The molecule has 0 unspecified atom stereocenters. The number of rotatable bonds is 5. The smallest absolute Gasteiger partial charge is 0.255 e. The molecule has 0 aliphatic carbocycles. The summed E-state index contributed by atoms with van der Waals surface area (Å²) >= 11 is 6.13. The fourth-order valence-corrected chi connectivity index (χ4v) is 3.78. The van der Waals surface area contributed by atoms with Crippen molar-refractivity contribution in [2.24, 2.45) is 5.92 Å². The number of benzene rings is 2. The SMILES string of the molecule is O=C1C[C@H]([C@@H](NC(=O)c2cn[nH]c2-c2ccccc2F)c2cccc(Cl)c2)CN1. The van der Waals surface area contributed by atoms with Crippen LogP contribution in [0.3, 0.4) is 0 Å². The van der Waals surface area contributed by atoms with Crippen molar-refractivity contribution in [2.45, 2.75) is 12.5 Å². The highest BCUT2D eigenvalue weighted by Crippen LogP contribution is 2.30. The maximum absolute atomic E-state index is 14.2. The summed E-state index contributed by atoms with van der Waals surface area (Å²) in [5.74, 6) is -1.07. The second kappa shape index (κ2) is 8.05. The lowest BCUT2D eigenvalue weighted by Gasteiger charge is -2.24. The summed E-state index contributed by atoms with van der Waals surface area (Å²) in [6, 6.07) is 12.9. The molecule has 0 saturated carbocycles. The van der Waals surface area contributed by atoms with Gasteiger partial charge in [-0.25, -0.2) is 4.39 Å². The Balaban J connectivity index is 1.65. The summed E-state index contributed by atoms with van der Waals surface area (Å²) in [6.45, 7) is 0.446. The number of carbonyl (C=O) groups is 2. The maximum atomic E-state index is 14.2. The van der Waals surface area contributed by atoms with E-state index in [1.54, 1.807) is 36.4 Å². The first kappa shape index (κ1) is 19.1. The molecule has 2 aromatic carbocycles. The number of nitrogens with one attached hydrogen (secondary N) is 3. The Morgan fingerprint density at radius 1 is 1.24 bits per heavy atom. The second-order valence-electron chi connectivity index (χ2n) is 6.91. The molecule has 4 rings (SSSR count). The predicted octanol–water partition coefficient (Wildman–Crippen LogP) is 3.48. The molecular weight excluding hydrogens is 395 g/mol. The van der Waals surface area contributed by atoms with Gasteiger partial charge < -0.3 is 10.6 Å². The van der Waals surface area contributed by atoms with E-state index in [9.17, 15) is 14.0 Å². The first-order valence-electron chi connectivity index (χ1n) is 9.14. The number of carbonyl (C=O) groups excluding carboxylic acids is 2. The van der Waals surface area contributed by atoms with E-state index in [0.29, 0.717) is 23.7 Å². The molecular formula is C21H18ClFN4O2. The van der Waals surface area contributed by atoms with Crippen molar-refractivity contribution in [1.82, 2.24) is 20.8 Å². The van der Waals surface area contributed by atoms with Crippen molar-refractivity contribution in [3.8, 4) is 11.3 Å². The molecule has 8 heteroatoms. The maximum Gasteiger partial charge on any atom is 0.255 e. The molecule has 3 aromatic rings. The van der Waals surface area contributed by atoms with E-state index in [0.717, 1.165) is 5.56 Å². The fourth-order valence-electron chi connectivity index (χ4n) is 3.58. The van der Waals surface area contributed by atoms with Crippen LogP contribution in [0.4, 0.5) is 4.39 Å². The largest absolute Gasteiger partial charge is 0.356 e. The van der Waals surface area contributed by atoms with Gasteiger partial charge in [0.25, 0.3) is 5.91 Å². The van der Waals surface area contributed by atoms with E-state index in [4.69, 9.17) is 11.6 Å². The Kier molecular flexibility index (Phi) is 5.31. The summed E-state index contributed by atoms with van der Waals surface area (Å²) in [7, 11) is 0. The highest BCUT2D eigenvalue weighted by Gasteiger charge is 2.32. The molecule has 1 aliphatic rings. The zero-order chi connectivity index (χ0) is 20.4. The van der Waals surface area contributed by atoms with Crippen molar-refractivity contribution in [1.29, 1.82) is 0 Å². The van der Waals surface area contributed by atoms with Gasteiger partial charge in [0.2, 0.25) is 5.91 Å². The summed E-state index contributed by atoms with van der Waals surface area (Å²) < 4.78 is 14.2. The number of aromatic nitrogens is 2. The van der Waals surface area contributed by atoms with Crippen LogP contribution in [0.2, 0.25) is 5.02 Å². The molecule has 1 fully saturated rings. The first-order valence-corrected chi connectivity index (χ1v) is 9.52. The van der Waals surface area contributed by atoms with Gasteiger partial charge in [0.15, 0.2) is 0 Å². The lowest BCUT2D eigenvalue weighted by Crippen LogP contribution is -2.34. The molecule has 0 radical (unpaired) electrons. The normalized spacial score (nSPS) is 17.0. The van der Waals surface area contributed by atoms with Gasteiger partial charge in [-0.3, -0.25) is 14.7 Å². The number of H-pyrrole nitrogens is 1. The van der Waals surface area contributed by atoms with Gasteiger partial charge in [-0.05, 0) is 29.8 Å². The topological polar surface area (TPSA) is 86.9 Å². The quantitative estimate of drug-likeness (QED) is 0.599. The standard InChI is InChI=1S/C21H18ClFN4O2/c22-14-5-3-4-12(8-14)19(13-9-18(28)24-10-13)26-21(29)16-11-25-27-20(16)15-6-1-2-7-17(15)23/h1-8,11,13,19H,9-10H2,(H,24,28)(H,25,27)(H,26,29)/t13-,19-/m0/s1. The zero-order valence-electron chi connectivity index (χ0n) is 15.3. The molecule has 2 heterocycles. The first-order chi connectivity index (χ1) is 14.0. The van der Waals surface area contributed by atoms with Crippen LogP contribution >= 0.6 is 11.6 Å². The van der Waals surface area contributed by atoms with Gasteiger partial charge in [0.05, 0.1) is 23.5 Å². The molecule has 6 nitrogen and oxygen atoms in total. The van der Waals surface area contributed by atoms with Gasteiger partial charge in [-0.1, -0.05) is 35.9 Å². The van der Waals surface area contributed by atoms with E-state index < -0.39 is 17.8 Å². The Hall–Kier alpha value is -3.19. The highest BCUT2D eigenvalue weighted by molar-refractivity contribution is 6.30. The molecule has 2 atom stereocenters. The van der Waals surface area contributed by atoms with Crippen LogP contribution in [0.5, 0.6) is 0 Å². The molecule has 3 N–H and O–H groups in total. The Bertz CT molecular complexity index is 1070. The van der Waals surface area contributed by atoms with Crippen LogP contribution in [0.15, 0.2) is 54.7 Å². The number of halogens is 2. The van der Waals surface area contributed by atoms with Crippen molar-refractivity contribution in [3.05, 3.63) is 76.7 Å². The highest BCUT2D eigenvalue weighted by atomic mass is 35.5. The Morgan fingerprint density at radius 2 is 2.07 bits per heavy atom. The molecule has 148 valence electrons. The Labute approximate surface area is 171 Å². The lowest BCUT2D eigenvalue weighted by molar-refractivity contribution is -0.119. The summed E-state index contributed by atoms with van der Waals surface area (Å²) in [6.07, 6.45) is 1.66. The minimum Gasteiger partial charge on any atom is -0.356 e. The number of aromatic amines is 1.